The van der Waals surface area contributed by atoms with E-state index < -0.39 is 17.9 Å². The van der Waals surface area contributed by atoms with E-state index in [0.29, 0.717) is 0 Å². The molecule has 0 aromatic heterocycles. The van der Waals surface area contributed by atoms with E-state index in [-0.39, 0.29) is 6.42 Å². The van der Waals surface area contributed by atoms with Crippen LogP contribution >= 0.6 is 0 Å². The summed E-state index contributed by atoms with van der Waals surface area (Å²) in [6.45, 7) is 0. The fraction of sp³-hybridized carbons (Fsp3) is 0.500. The van der Waals surface area contributed by atoms with Gasteiger partial charge in [0, 0.05) is 0 Å². The Morgan fingerprint density at radius 1 is 1.50 bits per heavy atom. The minimum absolute atomic E-state index is 0.192. The average Bonchev–Trinajstić information content (AvgIpc) is 2.11. The summed E-state index contributed by atoms with van der Waals surface area (Å²) in [5.74, 6) is -2.60. The minimum atomic E-state index is -4.36. The molecule has 0 heterocycles. The molecule has 0 spiro atoms. The first-order chi connectivity index (χ1) is 4.52. The van der Waals surface area contributed by atoms with Crippen LogP contribution in [0.25, 0.3) is 0 Å². The van der Waals surface area contributed by atoms with Crippen LogP contribution in [0.2, 0.25) is 0 Å². The second-order valence-electron chi connectivity index (χ2n) is 2.13. The molecule has 0 aromatic rings. The van der Waals surface area contributed by atoms with Crippen LogP contribution in [-0.2, 0) is 4.79 Å². The third kappa shape index (κ3) is 1.20. The predicted molar refractivity (Wildman–Crippen MR) is 28.3 cm³/mol. The van der Waals surface area contributed by atoms with Gasteiger partial charge in [0.1, 0.15) is 5.92 Å². The third-order valence-corrected chi connectivity index (χ3v) is 1.39. The van der Waals surface area contributed by atoms with E-state index in [4.69, 9.17) is 0 Å². The van der Waals surface area contributed by atoms with Crippen LogP contribution < -0.4 is 0 Å². The van der Waals surface area contributed by atoms with Gasteiger partial charge in [-0.05, 0) is 12.5 Å². The van der Waals surface area contributed by atoms with Crippen molar-refractivity contribution in [3.63, 3.8) is 0 Å². The molecule has 10 heavy (non-hydrogen) atoms. The van der Waals surface area contributed by atoms with Crippen molar-refractivity contribution in [3.8, 4) is 0 Å². The highest BCUT2D eigenvalue weighted by Gasteiger charge is 2.44. The zero-order chi connectivity index (χ0) is 7.78. The molecule has 0 aromatic carbocycles. The lowest BCUT2D eigenvalue weighted by atomic mass is 10.1. The second-order valence-corrected chi connectivity index (χ2v) is 2.13. The molecule has 1 aliphatic carbocycles. The van der Waals surface area contributed by atoms with Gasteiger partial charge < -0.3 is 0 Å². The summed E-state index contributed by atoms with van der Waals surface area (Å²) < 4.78 is 35.3. The van der Waals surface area contributed by atoms with Crippen LogP contribution in [-0.4, -0.2) is 12.0 Å². The van der Waals surface area contributed by atoms with Crippen molar-refractivity contribution in [2.24, 2.45) is 5.92 Å². The summed E-state index contributed by atoms with van der Waals surface area (Å²) in [5, 5.41) is 0. The second kappa shape index (κ2) is 2.11. The Kier molecular flexibility index (Phi) is 1.54. The molecule has 0 saturated carbocycles. The van der Waals surface area contributed by atoms with Gasteiger partial charge in [-0.1, -0.05) is 6.08 Å². The van der Waals surface area contributed by atoms with Crippen molar-refractivity contribution in [1.82, 2.24) is 0 Å². The van der Waals surface area contributed by atoms with Gasteiger partial charge in [-0.2, -0.15) is 13.2 Å². The molecule has 1 nitrogen and oxygen atoms in total. The highest BCUT2D eigenvalue weighted by molar-refractivity contribution is 5.94. The van der Waals surface area contributed by atoms with E-state index in [1.165, 1.54) is 6.08 Å². The summed E-state index contributed by atoms with van der Waals surface area (Å²) in [4.78, 5) is 10.4. The lowest BCUT2D eigenvalue weighted by Gasteiger charge is -2.11. The molecule has 0 radical (unpaired) electrons. The Bertz CT molecular complexity index is 180. The standard InChI is InChI=1S/C6H5F3O/c7-6(8,9)4-2-1-3-5(4)10/h1,3-4H,2H2. The van der Waals surface area contributed by atoms with Gasteiger partial charge in [0.15, 0.2) is 5.78 Å². The molecule has 0 N–H and O–H groups in total. The highest BCUT2D eigenvalue weighted by atomic mass is 19.4. The first-order valence-electron chi connectivity index (χ1n) is 2.79. The number of alkyl halides is 3. The number of hydrogen-bond donors (Lipinski definition) is 0. The van der Waals surface area contributed by atoms with Crippen LogP contribution in [0, 0.1) is 5.92 Å². The van der Waals surface area contributed by atoms with Crippen LogP contribution in [0.4, 0.5) is 13.2 Å². The Balaban J connectivity index is 2.69. The van der Waals surface area contributed by atoms with Crippen molar-refractivity contribution in [2.75, 3.05) is 0 Å². The SMILES string of the molecule is O=C1C=CCC1C(F)(F)F. The van der Waals surface area contributed by atoms with Gasteiger partial charge in [-0.3, -0.25) is 4.79 Å². The topological polar surface area (TPSA) is 17.1 Å². The van der Waals surface area contributed by atoms with E-state index in [9.17, 15) is 18.0 Å². The molecule has 0 bridgehead atoms. The van der Waals surface area contributed by atoms with Crippen molar-refractivity contribution in [1.29, 1.82) is 0 Å². The summed E-state index contributed by atoms with van der Waals surface area (Å²) in [6, 6.07) is 0. The Hall–Kier alpha value is -0.800. The molecular weight excluding hydrogens is 145 g/mol. The maximum Gasteiger partial charge on any atom is 0.399 e. The Morgan fingerprint density at radius 2 is 2.10 bits per heavy atom. The lowest BCUT2D eigenvalue weighted by Crippen LogP contribution is -2.26. The Labute approximate surface area is 55.5 Å². The van der Waals surface area contributed by atoms with Crippen molar-refractivity contribution in [2.45, 2.75) is 12.6 Å². The van der Waals surface area contributed by atoms with E-state index >= 15 is 0 Å². The van der Waals surface area contributed by atoms with Gasteiger partial charge in [-0.25, -0.2) is 0 Å². The molecule has 0 fully saturated rings. The van der Waals surface area contributed by atoms with Crippen LogP contribution in [0.5, 0.6) is 0 Å². The summed E-state index contributed by atoms with van der Waals surface area (Å²) >= 11 is 0. The Morgan fingerprint density at radius 3 is 2.30 bits per heavy atom. The normalized spacial score (nSPS) is 25.9. The zero-order valence-corrected chi connectivity index (χ0v) is 4.98. The maximum atomic E-state index is 11.8. The van der Waals surface area contributed by atoms with E-state index in [1.807, 2.05) is 0 Å². The molecule has 1 aliphatic rings. The first kappa shape index (κ1) is 7.31. The number of carbonyl (C=O) groups is 1. The molecule has 1 atom stereocenters. The largest absolute Gasteiger partial charge is 0.399 e. The zero-order valence-electron chi connectivity index (χ0n) is 4.98. The lowest BCUT2D eigenvalue weighted by molar-refractivity contribution is -0.176. The molecule has 4 heteroatoms. The average molecular weight is 150 g/mol. The molecule has 0 aliphatic heterocycles. The van der Waals surface area contributed by atoms with Gasteiger partial charge >= 0.3 is 6.18 Å². The monoisotopic (exact) mass is 150 g/mol. The predicted octanol–water partition coefficient (Wildman–Crippen LogP) is 1.69. The smallest absolute Gasteiger partial charge is 0.294 e. The molecule has 1 unspecified atom stereocenters. The van der Waals surface area contributed by atoms with E-state index in [0.717, 1.165) is 6.08 Å². The number of allylic oxidation sites excluding steroid dienone is 2. The summed E-state index contributed by atoms with van der Waals surface area (Å²) in [5.41, 5.74) is 0. The summed E-state index contributed by atoms with van der Waals surface area (Å²) in [7, 11) is 0. The van der Waals surface area contributed by atoms with Crippen molar-refractivity contribution in [3.05, 3.63) is 12.2 Å². The number of ketones is 1. The van der Waals surface area contributed by atoms with Gasteiger partial charge in [-0.15, -0.1) is 0 Å². The maximum absolute atomic E-state index is 11.8. The molecular formula is C6H5F3O. The first-order valence-corrected chi connectivity index (χ1v) is 2.79. The van der Waals surface area contributed by atoms with E-state index in [2.05, 4.69) is 0 Å². The number of carbonyl (C=O) groups excluding carboxylic acids is 1. The van der Waals surface area contributed by atoms with Crippen LogP contribution in [0.3, 0.4) is 0 Å². The number of rotatable bonds is 0. The molecule has 0 saturated heterocycles. The van der Waals surface area contributed by atoms with Crippen LogP contribution in [0.1, 0.15) is 6.42 Å². The number of hydrogen-bond acceptors (Lipinski definition) is 1. The molecule has 56 valence electrons. The van der Waals surface area contributed by atoms with Gasteiger partial charge in [0.25, 0.3) is 0 Å². The quantitative estimate of drug-likeness (QED) is 0.513. The molecule has 0 amide bonds. The van der Waals surface area contributed by atoms with Crippen molar-refractivity contribution < 1.29 is 18.0 Å². The third-order valence-electron chi connectivity index (χ3n) is 1.39. The van der Waals surface area contributed by atoms with Gasteiger partial charge in [0.05, 0.1) is 0 Å². The van der Waals surface area contributed by atoms with Gasteiger partial charge in [0.2, 0.25) is 0 Å². The molecule has 1 rings (SSSR count). The fourth-order valence-electron chi connectivity index (χ4n) is 0.848. The minimum Gasteiger partial charge on any atom is -0.294 e. The fourth-order valence-corrected chi connectivity index (χ4v) is 0.848. The number of halogens is 3. The van der Waals surface area contributed by atoms with Crippen molar-refractivity contribution >= 4 is 5.78 Å². The highest BCUT2D eigenvalue weighted by Crippen LogP contribution is 2.32. The van der Waals surface area contributed by atoms with E-state index in [1.54, 1.807) is 0 Å². The van der Waals surface area contributed by atoms with Crippen LogP contribution in [0.15, 0.2) is 12.2 Å². The summed E-state index contributed by atoms with van der Waals surface area (Å²) in [6.07, 6.45) is -2.32.